The number of urea groups is 1. The SMILES string of the molecule is CCC(=O)NC(C)C(=O)NCCN(CC)C(=O)[C@H](C)NC(N)=O. The van der Waals surface area contributed by atoms with Crippen molar-refractivity contribution < 1.29 is 19.2 Å². The van der Waals surface area contributed by atoms with Crippen molar-refractivity contribution >= 4 is 23.8 Å². The van der Waals surface area contributed by atoms with Crippen molar-refractivity contribution in [2.75, 3.05) is 19.6 Å². The number of nitrogens with two attached hydrogens (primary N) is 1. The Morgan fingerprint density at radius 3 is 2.13 bits per heavy atom. The van der Waals surface area contributed by atoms with Gasteiger partial charge in [-0.2, -0.15) is 0 Å². The van der Waals surface area contributed by atoms with E-state index < -0.39 is 18.1 Å². The van der Waals surface area contributed by atoms with E-state index in [2.05, 4.69) is 16.0 Å². The molecule has 0 spiro atoms. The van der Waals surface area contributed by atoms with Gasteiger partial charge in [0.15, 0.2) is 0 Å². The second-order valence-corrected chi connectivity index (χ2v) is 5.08. The van der Waals surface area contributed by atoms with Gasteiger partial charge in [0.05, 0.1) is 0 Å². The molecular formula is C14H27N5O4. The number of nitrogens with zero attached hydrogens (tertiary/aromatic N) is 1. The third-order valence-electron chi connectivity index (χ3n) is 3.20. The zero-order valence-corrected chi connectivity index (χ0v) is 14.1. The molecule has 0 saturated carbocycles. The molecule has 1 unspecified atom stereocenters. The van der Waals surface area contributed by atoms with Gasteiger partial charge in [-0.05, 0) is 20.8 Å². The van der Waals surface area contributed by atoms with E-state index in [1.807, 2.05) is 0 Å². The highest BCUT2D eigenvalue weighted by molar-refractivity contribution is 5.87. The average molecular weight is 329 g/mol. The Labute approximate surface area is 136 Å². The van der Waals surface area contributed by atoms with Gasteiger partial charge in [0.2, 0.25) is 17.7 Å². The summed E-state index contributed by atoms with van der Waals surface area (Å²) >= 11 is 0. The molecule has 9 heteroatoms. The van der Waals surface area contributed by atoms with Gasteiger partial charge in [0.1, 0.15) is 12.1 Å². The van der Waals surface area contributed by atoms with Crippen LogP contribution in [0.25, 0.3) is 0 Å². The second kappa shape index (κ2) is 10.4. The Morgan fingerprint density at radius 1 is 1.04 bits per heavy atom. The van der Waals surface area contributed by atoms with E-state index in [1.165, 1.54) is 11.8 Å². The maximum absolute atomic E-state index is 12.1. The summed E-state index contributed by atoms with van der Waals surface area (Å²) in [4.78, 5) is 47.4. The summed E-state index contributed by atoms with van der Waals surface area (Å²) in [6, 6.07) is -2.13. The number of primary amides is 1. The zero-order chi connectivity index (χ0) is 18.0. The summed E-state index contributed by atoms with van der Waals surface area (Å²) in [6.45, 7) is 7.59. The van der Waals surface area contributed by atoms with Crippen molar-refractivity contribution in [3.63, 3.8) is 0 Å². The van der Waals surface area contributed by atoms with Crippen LogP contribution in [-0.2, 0) is 14.4 Å². The van der Waals surface area contributed by atoms with Crippen LogP contribution in [0.2, 0.25) is 0 Å². The zero-order valence-electron chi connectivity index (χ0n) is 14.1. The van der Waals surface area contributed by atoms with E-state index in [4.69, 9.17) is 5.73 Å². The number of carbonyl (C=O) groups is 4. The van der Waals surface area contributed by atoms with E-state index >= 15 is 0 Å². The van der Waals surface area contributed by atoms with Crippen LogP contribution >= 0.6 is 0 Å². The topological polar surface area (TPSA) is 134 Å². The molecule has 0 saturated heterocycles. The Kier molecular flexibility index (Phi) is 9.36. The first-order valence-corrected chi connectivity index (χ1v) is 7.64. The largest absolute Gasteiger partial charge is 0.353 e. The molecule has 9 nitrogen and oxygen atoms in total. The highest BCUT2D eigenvalue weighted by Gasteiger charge is 2.20. The maximum atomic E-state index is 12.1. The van der Waals surface area contributed by atoms with Crippen molar-refractivity contribution in [1.29, 1.82) is 0 Å². The van der Waals surface area contributed by atoms with Crippen LogP contribution in [0.5, 0.6) is 0 Å². The molecule has 0 rings (SSSR count). The molecule has 132 valence electrons. The lowest BCUT2D eigenvalue weighted by molar-refractivity contribution is -0.133. The van der Waals surface area contributed by atoms with Crippen LogP contribution in [-0.4, -0.2) is 60.4 Å². The molecule has 5 amide bonds. The van der Waals surface area contributed by atoms with Crippen LogP contribution < -0.4 is 21.7 Å². The quantitative estimate of drug-likeness (QED) is 0.428. The summed E-state index contributed by atoms with van der Waals surface area (Å²) in [5.74, 6) is -0.809. The molecule has 0 heterocycles. The first kappa shape index (κ1) is 20.7. The number of hydrogen-bond donors (Lipinski definition) is 4. The van der Waals surface area contributed by atoms with Gasteiger partial charge < -0.3 is 26.6 Å². The van der Waals surface area contributed by atoms with Crippen LogP contribution in [0.1, 0.15) is 34.1 Å². The van der Waals surface area contributed by atoms with E-state index in [-0.39, 0.29) is 24.3 Å². The smallest absolute Gasteiger partial charge is 0.312 e. The summed E-state index contributed by atoms with van der Waals surface area (Å²) < 4.78 is 0. The van der Waals surface area contributed by atoms with Gasteiger partial charge in [-0.1, -0.05) is 6.92 Å². The van der Waals surface area contributed by atoms with Crippen molar-refractivity contribution in [3.05, 3.63) is 0 Å². The second-order valence-electron chi connectivity index (χ2n) is 5.08. The molecule has 0 aromatic heterocycles. The number of carbonyl (C=O) groups excluding carboxylic acids is 4. The minimum atomic E-state index is -0.768. The standard InChI is InChI=1S/C14H27N5O4/c1-5-11(20)17-9(3)12(21)16-7-8-19(6-2)13(22)10(4)18-14(15)23/h9-10H,5-8H2,1-4H3,(H,16,21)(H,17,20)(H3,15,18,23)/t9?,10-/m0/s1. The number of nitrogens with one attached hydrogen (secondary N) is 3. The molecule has 0 aromatic rings. The molecule has 0 aliphatic rings. The molecule has 5 N–H and O–H groups in total. The van der Waals surface area contributed by atoms with E-state index in [0.717, 1.165) is 0 Å². The van der Waals surface area contributed by atoms with Gasteiger partial charge >= 0.3 is 6.03 Å². The highest BCUT2D eigenvalue weighted by atomic mass is 16.2. The predicted molar refractivity (Wildman–Crippen MR) is 85.3 cm³/mol. The first-order chi connectivity index (χ1) is 10.7. The van der Waals surface area contributed by atoms with Gasteiger partial charge in [0.25, 0.3) is 0 Å². The van der Waals surface area contributed by atoms with E-state index in [0.29, 0.717) is 19.5 Å². The van der Waals surface area contributed by atoms with Crippen LogP contribution in [0.15, 0.2) is 0 Å². The normalized spacial score (nSPS) is 12.7. The summed E-state index contributed by atoms with van der Waals surface area (Å²) in [6.07, 6.45) is 0.306. The van der Waals surface area contributed by atoms with Crippen LogP contribution in [0.4, 0.5) is 4.79 Å². The number of amides is 5. The lowest BCUT2D eigenvalue weighted by Crippen LogP contribution is -2.51. The predicted octanol–water partition coefficient (Wildman–Crippen LogP) is -1.08. The summed E-state index contributed by atoms with van der Waals surface area (Å²) in [5, 5.41) is 7.52. The van der Waals surface area contributed by atoms with Crippen molar-refractivity contribution in [2.24, 2.45) is 5.73 Å². The van der Waals surface area contributed by atoms with Crippen molar-refractivity contribution in [1.82, 2.24) is 20.9 Å². The monoisotopic (exact) mass is 329 g/mol. The van der Waals surface area contributed by atoms with Gasteiger partial charge in [-0.15, -0.1) is 0 Å². The number of likely N-dealkylation sites (N-methyl/N-ethyl adjacent to an activating group) is 1. The maximum Gasteiger partial charge on any atom is 0.312 e. The fraction of sp³-hybridized carbons (Fsp3) is 0.714. The Hall–Kier alpha value is -2.32. The molecule has 0 aliphatic heterocycles. The molecule has 0 aromatic carbocycles. The third-order valence-corrected chi connectivity index (χ3v) is 3.20. The minimum absolute atomic E-state index is 0.204. The number of hydrogen-bond acceptors (Lipinski definition) is 4. The summed E-state index contributed by atoms with van der Waals surface area (Å²) in [5.41, 5.74) is 4.98. The molecule has 2 atom stereocenters. The fourth-order valence-electron chi connectivity index (χ4n) is 1.85. The van der Waals surface area contributed by atoms with Gasteiger partial charge in [-0.25, -0.2) is 4.79 Å². The molecule has 0 bridgehead atoms. The lowest BCUT2D eigenvalue weighted by Gasteiger charge is -2.25. The van der Waals surface area contributed by atoms with Crippen molar-refractivity contribution in [3.8, 4) is 0 Å². The van der Waals surface area contributed by atoms with Crippen molar-refractivity contribution in [2.45, 2.75) is 46.2 Å². The van der Waals surface area contributed by atoms with Crippen LogP contribution in [0.3, 0.4) is 0 Å². The molecule has 23 heavy (non-hydrogen) atoms. The molecule has 0 radical (unpaired) electrons. The Balaban J connectivity index is 4.31. The third kappa shape index (κ3) is 8.03. The minimum Gasteiger partial charge on any atom is -0.353 e. The molecular weight excluding hydrogens is 302 g/mol. The van der Waals surface area contributed by atoms with Gasteiger partial charge in [-0.3, -0.25) is 14.4 Å². The highest BCUT2D eigenvalue weighted by Crippen LogP contribution is 1.95. The number of rotatable bonds is 9. The first-order valence-electron chi connectivity index (χ1n) is 7.64. The summed E-state index contributed by atoms with van der Waals surface area (Å²) in [7, 11) is 0. The molecule has 0 fully saturated rings. The Morgan fingerprint density at radius 2 is 1.65 bits per heavy atom. The van der Waals surface area contributed by atoms with E-state index in [9.17, 15) is 19.2 Å². The van der Waals surface area contributed by atoms with Crippen LogP contribution in [0, 0.1) is 0 Å². The molecule has 0 aliphatic carbocycles. The Bertz CT molecular complexity index is 441. The van der Waals surface area contributed by atoms with E-state index in [1.54, 1.807) is 20.8 Å². The lowest BCUT2D eigenvalue weighted by atomic mass is 10.2. The average Bonchev–Trinajstić information content (AvgIpc) is 2.49. The van der Waals surface area contributed by atoms with Gasteiger partial charge in [0, 0.05) is 26.1 Å². The fourth-order valence-corrected chi connectivity index (χ4v) is 1.85.